The Morgan fingerprint density at radius 1 is 1.03 bits per heavy atom. The average Bonchev–Trinajstić information content (AvgIpc) is 2.74. The van der Waals surface area contributed by atoms with E-state index in [1.54, 1.807) is 0 Å². The van der Waals surface area contributed by atoms with Crippen LogP contribution in [0.2, 0.25) is 0 Å². The Morgan fingerprint density at radius 2 is 1.69 bits per heavy atom. The number of piperidine rings is 1. The van der Waals surface area contributed by atoms with E-state index in [9.17, 15) is 4.79 Å². The third-order valence-corrected chi connectivity index (χ3v) is 5.35. The van der Waals surface area contributed by atoms with Crippen molar-refractivity contribution in [2.24, 2.45) is 10.9 Å². The summed E-state index contributed by atoms with van der Waals surface area (Å²) in [5.74, 6) is 1.33. The molecule has 1 fully saturated rings. The van der Waals surface area contributed by atoms with Crippen molar-refractivity contribution in [2.75, 3.05) is 52.6 Å². The van der Waals surface area contributed by atoms with Crippen molar-refractivity contribution >= 4 is 11.9 Å². The predicted molar refractivity (Wildman–Crippen MR) is 119 cm³/mol. The smallest absolute Gasteiger partial charge is 0.225 e. The zero-order valence-electron chi connectivity index (χ0n) is 19.2. The molecule has 1 amide bonds. The Balaban J connectivity index is 2.28. The van der Waals surface area contributed by atoms with Gasteiger partial charge in [-0.25, -0.2) is 0 Å². The second kappa shape index (κ2) is 16.5. The SMILES string of the molecule is CCCCOCCOCCN=C(NCC)NC1CCN(C(=O)C(CC)CC)CC1. The van der Waals surface area contributed by atoms with Gasteiger partial charge >= 0.3 is 0 Å². The van der Waals surface area contributed by atoms with Crippen molar-refractivity contribution in [1.29, 1.82) is 0 Å². The molecule has 7 nitrogen and oxygen atoms in total. The van der Waals surface area contributed by atoms with Gasteiger partial charge in [-0.2, -0.15) is 0 Å². The number of hydrogen-bond donors (Lipinski definition) is 2. The molecule has 0 bridgehead atoms. The van der Waals surface area contributed by atoms with Crippen LogP contribution in [0.25, 0.3) is 0 Å². The number of hydrogen-bond acceptors (Lipinski definition) is 4. The monoisotopic (exact) mass is 412 g/mol. The molecule has 0 spiro atoms. The van der Waals surface area contributed by atoms with E-state index in [0.29, 0.717) is 38.3 Å². The van der Waals surface area contributed by atoms with Crippen molar-refractivity contribution in [3.63, 3.8) is 0 Å². The molecule has 0 atom stereocenters. The molecule has 0 saturated carbocycles. The van der Waals surface area contributed by atoms with E-state index in [1.165, 1.54) is 0 Å². The maximum Gasteiger partial charge on any atom is 0.225 e. The number of guanidine groups is 1. The number of nitrogens with zero attached hydrogens (tertiary/aromatic N) is 2. The Kier molecular flexibility index (Phi) is 14.6. The topological polar surface area (TPSA) is 75.2 Å². The van der Waals surface area contributed by atoms with Gasteiger partial charge in [0.2, 0.25) is 5.91 Å². The Bertz CT molecular complexity index is 447. The molecule has 7 heteroatoms. The van der Waals surface area contributed by atoms with Crippen LogP contribution >= 0.6 is 0 Å². The maximum atomic E-state index is 12.5. The summed E-state index contributed by atoms with van der Waals surface area (Å²) < 4.78 is 11.1. The number of aliphatic imine (C=N–C) groups is 1. The third-order valence-electron chi connectivity index (χ3n) is 5.35. The number of unbranched alkanes of at least 4 members (excludes halogenated alkanes) is 1. The number of carbonyl (C=O) groups is 1. The van der Waals surface area contributed by atoms with Gasteiger partial charge in [-0.3, -0.25) is 9.79 Å². The molecule has 0 unspecified atom stereocenters. The van der Waals surface area contributed by atoms with Crippen molar-refractivity contribution in [3.8, 4) is 0 Å². The van der Waals surface area contributed by atoms with E-state index in [-0.39, 0.29) is 5.92 Å². The van der Waals surface area contributed by atoms with Crippen LogP contribution in [0.3, 0.4) is 0 Å². The molecular formula is C22H44N4O3. The lowest BCUT2D eigenvalue weighted by atomic mass is 9.98. The predicted octanol–water partition coefficient (Wildman–Crippen LogP) is 2.80. The molecule has 0 aromatic carbocycles. The van der Waals surface area contributed by atoms with Crippen LogP contribution in [0.5, 0.6) is 0 Å². The third kappa shape index (κ3) is 10.8. The zero-order valence-corrected chi connectivity index (χ0v) is 19.2. The molecule has 1 aliphatic heterocycles. The molecule has 0 aromatic rings. The normalized spacial score (nSPS) is 15.8. The van der Waals surface area contributed by atoms with Crippen molar-refractivity contribution < 1.29 is 14.3 Å². The number of amides is 1. The maximum absolute atomic E-state index is 12.5. The van der Waals surface area contributed by atoms with Crippen LogP contribution < -0.4 is 10.6 Å². The molecule has 1 rings (SSSR count). The number of ether oxygens (including phenoxy) is 2. The van der Waals surface area contributed by atoms with E-state index in [2.05, 4.69) is 43.3 Å². The lowest BCUT2D eigenvalue weighted by Gasteiger charge is -2.34. The first-order chi connectivity index (χ1) is 14.2. The first-order valence-electron chi connectivity index (χ1n) is 11.6. The van der Waals surface area contributed by atoms with Crippen LogP contribution in [0, 0.1) is 5.92 Å². The summed E-state index contributed by atoms with van der Waals surface area (Å²) in [5.41, 5.74) is 0. The summed E-state index contributed by atoms with van der Waals surface area (Å²) in [6, 6.07) is 0.353. The second-order valence-electron chi connectivity index (χ2n) is 7.60. The van der Waals surface area contributed by atoms with Crippen molar-refractivity contribution in [2.45, 2.75) is 72.3 Å². The first kappa shape index (κ1) is 25.7. The standard InChI is InChI=1S/C22H44N4O3/c1-5-9-15-28-17-18-29-16-12-24-22(23-8-4)25-20-10-13-26(14-11-20)21(27)19(6-2)7-3/h19-20H,5-18H2,1-4H3,(H2,23,24,25). The molecule has 1 saturated heterocycles. The lowest BCUT2D eigenvalue weighted by Crippen LogP contribution is -2.50. The van der Waals surface area contributed by atoms with Crippen LogP contribution in [0.1, 0.15) is 66.2 Å². The fourth-order valence-corrected chi connectivity index (χ4v) is 3.44. The number of carbonyl (C=O) groups excluding carboxylic acids is 1. The molecule has 1 heterocycles. The van der Waals surface area contributed by atoms with Gasteiger partial charge in [0, 0.05) is 38.2 Å². The van der Waals surface area contributed by atoms with Crippen LogP contribution in [0.4, 0.5) is 0 Å². The first-order valence-corrected chi connectivity index (χ1v) is 11.6. The summed E-state index contributed by atoms with van der Waals surface area (Å²) in [5, 5.41) is 6.82. The number of nitrogens with one attached hydrogen (secondary N) is 2. The molecule has 0 aliphatic carbocycles. The van der Waals surface area contributed by atoms with Gasteiger partial charge in [-0.15, -0.1) is 0 Å². The number of likely N-dealkylation sites (tertiary alicyclic amines) is 1. The Hall–Kier alpha value is -1.34. The Morgan fingerprint density at radius 3 is 2.28 bits per heavy atom. The summed E-state index contributed by atoms with van der Waals surface area (Å²) in [6.45, 7) is 14.2. The van der Waals surface area contributed by atoms with E-state index in [4.69, 9.17) is 9.47 Å². The number of rotatable bonds is 14. The molecule has 1 aliphatic rings. The molecule has 0 radical (unpaired) electrons. The minimum absolute atomic E-state index is 0.176. The van der Waals surface area contributed by atoms with Gasteiger partial charge in [0.05, 0.1) is 26.4 Å². The highest BCUT2D eigenvalue weighted by molar-refractivity contribution is 5.80. The van der Waals surface area contributed by atoms with Gasteiger partial charge < -0.3 is 25.0 Å². The molecule has 29 heavy (non-hydrogen) atoms. The van der Waals surface area contributed by atoms with Crippen LogP contribution in [0.15, 0.2) is 4.99 Å². The highest BCUT2D eigenvalue weighted by atomic mass is 16.5. The summed E-state index contributed by atoms with van der Waals surface area (Å²) >= 11 is 0. The fourth-order valence-electron chi connectivity index (χ4n) is 3.44. The van der Waals surface area contributed by atoms with E-state index < -0.39 is 0 Å². The van der Waals surface area contributed by atoms with E-state index >= 15 is 0 Å². The van der Waals surface area contributed by atoms with Crippen molar-refractivity contribution in [3.05, 3.63) is 0 Å². The van der Waals surface area contributed by atoms with Crippen molar-refractivity contribution in [1.82, 2.24) is 15.5 Å². The summed E-state index contributed by atoms with van der Waals surface area (Å²) in [4.78, 5) is 19.2. The summed E-state index contributed by atoms with van der Waals surface area (Å²) in [7, 11) is 0. The molecule has 170 valence electrons. The molecule has 0 aromatic heterocycles. The highest BCUT2D eigenvalue weighted by Crippen LogP contribution is 2.17. The van der Waals surface area contributed by atoms with E-state index in [0.717, 1.165) is 70.7 Å². The molecule has 2 N–H and O–H groups in total. The minimum atomic E-state index is 0.176. The van der Waals surface area contributed by atoms with Gasteiger partial charge in [-0.05, 0) is 39.0 Å². The van der Waals surface area contributed by atoms with Gasteiger partial charge in [0.15, 0.2) is 5.96 Å². The van der Waals surface area contributed by atoms with Crippen LogP contribution in [-0.4, -0.2) is 75.4 Å². The van der Waals surface area contributed by atoms with Gasteiger partial charge in [0.1, 0.15) is 0 Å². The van der Waals surface area contributed by atoms with E-state index in [1.807, 2.05) is 4.90 Å². The summed E-state index contributed by atoms with van der Waals surface area (Å²) in [6.07, 6.45) is 6.04. The Labute approximate surface area is 178 Å². The largest absolute Gasteiger partial charge is 0.379 e. The zero-order chi connectivity index (χ0) is 21.3. The second-order valence-corrected chi connectivity index (χ2v) is 7.60. The minimum Gasteiger partial charge on any atom is -0.379 e. The fraction of sp³-hybridized carbons (Fsp3) is 0.909. The quantitative estimate of drug-likeness (QED) is 0.261. The lowest BCUT2D eigenvalue weighted by molar-refractivity contribution is -0.136. The highest BCUT2D eigenvalue weighted by Gasteiger charge is 2.26. The van der Waals surface area contributed by atoms with Gasteiger partial charge in [0.25, 0.3) is 0 Å². The average molecular weight is 413 g/mol. The molecular weight excluding hydrogens is 368 g/mol. The van der Waals surface area contributed by atoms with Crippen LogP contribution in [-0.2, 0) is 14.3 Å². The van der Waals surface area contributed by atoms with Gasteiger partial charge in [-0.1, -0.05) is 27.2 Å².